The zero-order chi connectivity index (χ0) is 24.2. The van der Waals surface area contributed by atoms with E-state index >= 15 is 0 Å². The number of rotatable bonds is 7. The number of ether oxygens (including phenoxy) is 1. The van der Waals surface area contributed by atoms with Gasteiger partial charge in [0.2, 0.25) is 5.78 Å². The SMILES string of the molecule is CC(C)Cn1c(N)c(C(=O)COC(=O)C=Cc2ccc(C(F)(F)F)cc2)c(=O)n(C)c1=O. The molecule has 32 heavy (non-hydrogen) atoms. The number of nitrogens with two attached hydrogens (primary N) is 1. The number of ketones is 1. The highest BCUT2D eigenvalue weighted by atomic mass is 19.4. The van der Waals surface area contributed by atoms with Crippen LogP contribution in [0.25, 0.3) is 6.08 Å². The average Bonchev–Trinajstić information content (AvgIpc) is 2.72. The van der Waals surface area contributed by atoms with Crippen LogP contribution in [-0.4, -0.2) is 27.5 Å². The first kappa shape index (κ1) is 24.6. The van der Waals surface area contributed by atoms with Crippen molar-refractivity contribution in [2.45, 2.75) is 26.6 Å². The van der Waals surface area contributed by atoms with E-state index in [1.807, 2.05) is 13.8 Å². The summed E-state index contributed by atoms with van der Waals surface area (Å²) in [6.45, 7) is 3.01. The van der Waals surface area contributed by atoms with Crippen LogP contribution in [-0.2, 0) is 29.3 Å². The molecule has 1 aromatic carbocycles. The maximum Gasteiger partial charge on any atom is 0.416 e. The van der Waals surface area contributed by atoms with Crippen molar-refractivity contribution in [2.75, 3.05) is 12.3 Å². The molecular weight excluding hydrogens is 431 g/mol. The topological polar surface area (TPSA) is 113 Å². The second-order valence-corrected chi connectivity index (χ2v) is 7.40. The number of hydrogen-bond acceptors (Lipinski definition) is 6. The number of anilines is 1. The normalized spacial score (nSPS) is 11.8. The van der Waals surface area contributed by atoms with Crippen LogP contribution in [0.1, 0.15) is 35.3 Å². The van der Waals surface area contributed by atoms with E-state index < -0.39 is 46.9 Å². The van der Waals surface area contributed by atoms with Gasteiger partial charge in [0.15, 0.2) is 6.61 Å². The molecule has 0 spiro atoms. The first-order valence-electron chi connectivity index (χ1n) is 9.47. The van der Waals surface area contributed by atoms with E-state index in [1.54, 1.807) is 0 Å². The lowest BCUT2D eigenvalue weighted by Gasteiger charge is -2.16. The molecule has 11 heteroatoms. The molecule has 0 bridgehead atoms. The highest BCUT2D eigenvalue weighted by molar-refractivity contribution is 6.01. The predicted octanol–water partition coefficient (Wildman–Crippen LogP) is 2.24. The van der Waals surface area contributed by atoms with Crippen molar-refractivity contribution in [3.63, 3.8) is 0 Å². The summed E-state index contributed by atoms with van der Waals surface area (Å²) < 4.78 is 44.4. The number of halogens is 3. The van der Waals surface area contributed by atoms with E-state index in [9.17, 15) is 32.3 Å². The minimum atomic E-state index is -4.47. The van der Waals surface area contributed by atoms with E-state index in [-0.39, 0.29) is 18.3 Å². The fraction of sp³-hybridized carbons (Fsp3) is 0.333. The molecule has 0 aliphatic carbocycles. The Kier molecular flexibility index (Phi) is 7.44. The zero-order valence-electron chi connectivity index (χ0n) is 17.6. The Balaban J connectivity index is 2.13. The molecule has 2 rings (SSSR count). The molecule has 2 aromatic rings. The molecule has 0 aliphatic heterocycles. The van der Waals surface area contributed by atoms with Crippen molar-refractivity contribution in [1.29, 1.82) is 0 Å². The van der Waals surface area contributed by atoms with Crippen LogP contribution in [0.4, 0.5) is 19.0 Å². The summed E-state index contributed by atoms with van der Waals surface area (Å²) in [6.07, 6.45) is -2.34. The number of nitrogen functional groups attached to an aromatic ring is 1. The van der Waals surface area contributed by atoms with E-state index in [0.29, 0.717) is 5.56 Å². The molecule has 0 saturated carbocycles. The van der Waals surface area contributed by atoms with Gasteiger partial charge >= 0.3 is 17.8 Å². The van der Waals surface area contributed by atoms with Crippen LogP contribution in [0.3, 0.4) is 0 Å². The molecule has 1 heterocycles. The summed E-state index contributed by atoms with van der Waals surface area (Å²) in [5.74, 6) is -2.15. The largest absolute Gasteiger partial charge is 0.454 e. The first-order chi connectivity index (χ1) is 14.8. The van der Waals surface area contributed by atoms with Gasteiger partial charge in [0.25, 0.3) is 5.56 Å². The van der Waals surface area contributed by atoms with Gasteiger partial charge in [0, 0.05) is 19.7 Å². The summed E-state index contributed by atoms with van der Waals surface area (Å²) in [5, 5.41) is 0. The van der Waals surface area contributed by atoms with Crippen molar-refractivity contribution in [2.24, 2.45) is 13.0 Å². The van der Waals surface area contributed by atoms with Gasteiger partial charge in [-0.2, -0.15) is 13.2 Å². The monoisotopic (exact) mass is 453 g/mol. The molecule has 172 valence electrons. The summed E-state index contributed by atoms with van der Waals surface area (Å²) in [5.41, 5.74) is 3.31. The van der Waals surface area contributed by atoms with E-state index in [4.69, 9.17) is 10.5 Å². The van der Waals surface area contributed by atoms with Crippen LogP contribution in [0.5, 0.6) is 0 Å². The van der Waals surface area contributed by atoms with Gasteiger partial charge in [-0.05, 0) is 29.7 Å². The average molecular weight is 453 g/mol. The number of Topliss-reactive ketones (excluding diaryl/α,β-unsaturated/α-hetero) is 1. The lowest BCUT2D eigenvalue weighted by molar-refractivity contribution is -0.138. The summed E-state index contributed by atoms with van der Waals surface area (Å²) in [6, 6.07) is 4.05. The smallest absolute Gasteiger partial charge is 0.416 e. The second-order valence-electron chi connectivity index (χ2n) is 7.40. The molecule has 0 aliphatic rings. The van der Waals surface area contributed by atoms with Crippen molar-refractivity contribution in [3.05, 3.63) is 67.9 Å². The van der Waals surface area contributed by atoms with Crippen LogP contribution in [0.15, 0.2) is 39.9 Å². The highest BCUT2D eigenvalue weighted by Gasteiger charge is 2.29. The minimum Gasteiger partial charge on any atom is -0.454 e. The molecule has 1 aromatic heterocycles. The van der Waals surface area contributed by atoms with Gasteiger partial charge in [-0.15, -0.1) is 0 Å². The molecule has 8 nitrogen and oxygen atoms in total. The van der Waals surface area contributed by atoms with Crippen molar-refractivity contribution < 1.29 is 27.5 Å². The first-order valence-corrected chi connectivity index (χ1v) is 9.47. The number of nitrogens with zero attached hydrogens (tertiary/aromatic N) is 2. The van der Waals surface area contributed by atoms with Gasteiger partial charge in [-0.3, -0.25) is 18.7 Å². The molecule has 0 fully saturated rings. The van der Waals surface area contributed by atoms with Crippen molar-refractivity contribution in [1.82, 2.24) is 9.13 Å². The fourth-order valence-corrected chi connectivity index (χ4v) is 2.79. The molecule has 0 unspecified atom stereocenters. The third-order valence-corrected chi connectivity index (χ3v) is 4.41. The molecule has 0 amide bonds. The summed E-state index contributed by atoms with van der Waals surface area (Å²) >= 11 is 0. The Labute approximate surface area is 180 Å². The van der Waals surface area contributed by atoms with Crippen LogP contribution in [0, 0.1) is 5.92 Å². The number of alkyl halides is 3. The van der Waals surface area contributed by atoms with Crippen LogP contribution < -0.4 is 17.0 Å². The predicted molar refractivity (Wildman–Crippen MR) is 111 cm³/mol. The Morgan fingerprint density at radius 3 is 2.28 bits per heavy atom. The molecule has 0 saturated heterocycles. The summed E-state index contributed by atoms with van der Waals surface area (Å²) in [7, 11) is 1.20. The Hall–Kier alpha value is -3.63. The van der Waals surface area contributed by atoms with Crippen molar-refractivity contribution >= 4 is 23.6 Å². The van der Waals surface area contributed by atoms with Gasteiger partial charge in [0.05, 0.1) is 5.56 Å². The van der Waals surface area contributed by atoms with Crippen LogP contribution in [0.2, 0.25) is 0 Å². The fourth-order valence-electron chi connectivity index (χ4n) is 2.79. The number of hydrogen-bond donors (Lipinski definition) is 1. The lowest BCUT2D eigenvalue weighted by atomic mass is 10.1. The zero-order valence-corrected chi connectivity index (χ0v) is 17.6. The molecule has 0 atom stereocenters. The van der Waals surface area contributed by atoms with E-state index in [2.05, 4.69) is 0 Å². The molecule has 2 N–H and O–H groups in total. The molecular formula is C21H22F3N3O5. The second kappa shape index (κ2) is 9.67. The Bertz CT molecular complexity index is 1160. The lowest BCUT2D eigenvalue weighted by Crippen LogP contribution is -2.43. The highest BCUT2D eigenvalue weighted by Crippen LogP contribution is 2.29. The number of esters is 1. The van der Waals surface area contributed by atoms with E-state index in [0.717, 1.165) is 27.3 Å². The summed E-state index contributed by atoms with van der Waals surface area (Å²) in [4.78, 5) is 49.0. The van der Waals surface area contributed by atoms with Crippen LogP contribution >= 0.6 is 0 Å². The number of carbonyl (C=O) groups is 2. The quantitative estimate of drug-likeness (QED) is 0.391. The standard InChI is InChI=1S/C21H22F3N3O5/c1-12(2)10-27-18(25)17(19(30)26(3)20(27)31)15(28)11-32-16(29)9-6-13-4-7-14(8-5-13)21(22,23)24/h4-9,12H,10-11,25H2,1-3H3. The third kappa shape index (κ3) is 5.74. The third-order valence-electron chi connectivity index (χ3n) is 4.41. The molecule has 0 radical (unpaired) electrons. The number of benzene rings is 1. The van der Waals surface area contributed by atoms with Gasteiger partial charge in [-0.25, -0.2) is 9.59 Å². The Morgan fingerprint density at radius 2 is 1.75 bits per heavy atom. The van der Waals surface area contributed by atoms with Gasteiger partial charge in [0.1, 0.15) is 11.4 Å². The van der Waals surface area contributed by atoms with Gasteiger partial charge in [-0.1, -0.05) is 26.0 Å². The minimum absolute atomic E-state index is 0.00335. The van der Waals surface area contributed by atoms with Gasteiger partial charge < -0.3 is 10.5 Å². The number of carbonyl (C=O) groups excluding carboxylic acids is 2. The maximum atomic E-state index is 12.6. The number of aromatic nitrogens is 2. The van der Waals surface area contributed by atoms with Crippen molar-refractivity contribution in [3.8, 4) is 0 Å². The maximum absolute atomic E-state index is 12.6. The Morgan fingerprint density at radius 1 is 1.16 bits per heavy atom. The van der Waals surface area contributed by atoms with E-state index in [1.165, 1.54) is 25.3 Å².